The predicted octanol–water partition coefficient (Wildman–Crippen LogP) is -7.94. The molecular weight excluding hydrogens is 447 g/mol. The van der Waals surface area contributed by atoms with Gasteiger partial charge in [0.1, 0.15) is 48.8 Å². The zero-order chi connectivity index (χ0) is 25.0. The van der Waals surface area contributed by atoms with Crippen molar-refractivity contribution in [2.24, 2.45) is 0 Å². The Labute approximate surface area is 203 Å². The Balaban J connectivity index is -0.00000480. The fourth-order valence-electron chi connectivity index (χ4n) is 2.99. The first-order valence-corrected chi connectivity index (χ1v) is 10.2. The molecule has 0 amide bonds. The largest absolute Gasteiger partial charge is 1.00 e. The van der Waals surface area contributed by atoms with Crippen molar-refractivity contribution in [1.29, 1.82) is 0 Å². The van der Waals surface area contributed by atoms with Gasteiger partial charge < -0.3 is 57.6 Å². The van der Waals surface area contributed by atoms with Gasteiger partial charge in [-0.3, -0.25) is 4.89 Å². The molecule has 0 aliphatic rings. The second-order valence-corrected chi connectivity index (χ2v) is 7.63. The smallest absolute Gasteiger partial charge is 1.00 e. The van der Waals surface area contributed by atoms with E-state index in [1.54, 1.807) is 0 Å². The molecule has 14 nitrogen and oxygen atoms in total. The van der Waals surface area contributed by atoms with Crippen LogP contribution in [0.25, 0.3) is 0 Å². The van der Waals surface area contributed by atoms with Gasteiger partial charge in [-0.15, -0.1) is 0 Å². The first kappa shape index (κ1) is 34.8. The molecule has 0 aromatic carbocycles. The van der Waals surface area contributed by atoms with Gasteiger partial charge >= 0.3 is 24.8 Å². The maximum Gasteiger partial charge on any atom is 1.00 e. The summed E-state index contributed by atoms with van der Waals surface area (Å²) in [5.74, 6) is -1.79. The monoisotopic (exact) mass is 484 g/mol. The molecule has 0 fully saturated rings. The van der Waals surface area contributed by atoms with E-state index >= 15 is 0 Å². The van der Waals surface area contributed by atoms with E-state index in [4.69, 9.17) is 10.4 Å². The number of carbonyl (C=O) groups is 1. The normalized spacial score (nSPS) is 20.8. The SMILES string of the molecule is O=C(OO)C(O)C(O)C(O)C(O)C(O)C(O)C(O)C(O)C(O)C(O)CCCCCCCO.[H-].[Li+]. The summed E-state index contributed by atoms with van der Waals surface area (Å²) in [5, 5.41) is 115. The average molecular weight is 484 g/mol. The molecule has 0 bridgehead atoms. The molecule has 15 heteroatoms. The number of rotatable bonds is 17. The molecule has 0 aromatic heterocycles. The fourth-order valence-corrected chi connectivity index (χ4v) is 2.99. The molecule has 0 saturated carbocycles. The summed E-state index contributed by atoms with van der Waals surface area (Å²) in [6, 6.07) is 0. The van der Waals surface area contributed by atoms with E-state index < -0.39 is 67.0 Å². The maximum atomic E-state index is 10.9. The van der Waals surface area contributed by atoms with Crippen LogP contribution in [0.1, 0.15) is 40.0 Å². The minimum atomic E-state index is -2.54. The summed E-state index contributed by atoms with van der Waals surface area (Å²) in [6.07, 6.45) is -19.5. The second-order valence-electron chi connectivity index (χ2n) is 7.63. The second kappa shape index (κ2) is 17.9. The van der Waals surface area contributed by atoms with Crippen LogP contribution in [-0.2, 0) is 9.68 Å². The van der Waals surface area contributed by atoms with Gasteiger partial charge in [0.15, 0.2) is 6.10 Å². The topological polar surface area (TPSA) is 269 Å². The van der Waals surface area contributed by atoms with Gasteiger partial charge in [0.05, 0.1) is 6.10 Å². The molecule has 0 spiro atoms. The van der Waals surface area contributed by atoms with Gasteiger partial charge in [-0.25, -0.2) is 4.79 Å². The Morgan fingerprint density at radius 3 is 1.39 bits per heavy atom. The summed E-state index contributed by atoms with van der Waals surface area (Å²) in [5.41, 5.74) is 0. The molecule has 0 aliphatic carbocycles. The van der Waals surface area contributed by atoms with Crippen LogP contribution in [0.5, 0.6) is 0 Å². The molecule has 33 heavy (non-hydrogen) atoms. The molecular formula is C18H37LiO14. The third-order valence-electron chi connectivity index (χ3n) is 5.16. The molecule has 0 heterocycles. The van der Waals surface area contributed by atoms with Crippen molar-refractivity contribution in [2.45, 2.75) is 99.6 Å². The minimum Gasteiger partial charge on any atom is -1.00 e. The summed E-state index contributed by atoms with van der Waals surface area (Å²) < 4.78 is 0. The van der Waals surface area contributed by atoms with Gasteiger partial charge in [-0.1, -0.05) is 25.7 Å². The van der Waals surface area contributed by atoms with Crippen molar-refractivity contribution in [1.82, 2.24) is 0 Å². The van der Waals surface area contributed by atoms with Crippen LogP contribution < -0.4 is 18.9 Å². The fraction of sp³-hybridized carbons (Fsp3) is 0.944. The average Bonchev–Trinajstić information content (AvgIpc) is 2.80. The number of carbonyl (C=O) groups excluding carboxylic acids is 1. The summed E-state index contributed by atoms with van der Waals surface area (Å²) in [6.45, 7) is 0.0695. The number of aliphatic hydroxyl groups excluding tert-OH is 11. The molecule has 194 valence electrons. The van der Waals surface area contributed by atoms with E-state index in [1.807, 2.05) is 0 Å². The third-order valence-corrected chi connectivity index (χ3v) is 5.16. The van der Waals surface area contributed by atoms with Crippen LogP contribution >= 0.6 is 0 Å². The summed E-state index contributed by atoms with van der Waals surface area (Å²) in [7, 11) is 0. The van der Waals surface area contributed by atoms with E-state index in [0.29, 0.717) is 19.3 Å². The summed E-state index contributed by atoms with van der Waals surface area (Å²) in [4.78, 5) is 14.1. The molecule has 0 aromatic rings. The van der Waals surface area contributed by atoms with Gasteiger partial charge in [0.25, 0.3) is 0 Å². The standard InChI is InChI=1S/C18H36O14.Li.H/c19-7-5-3-1-2-4-6-8(20)9(21)10(22)11(23)12(24)13(25)14(26)15(27)16(28)17(29)18(30)32-31;;/h8-17,19-29,31H,1-7H2;;/q;+1;-1. The van der Waals surface area contributed by atoms with Crippen LogP contribution in [0, 0.1) is 0 Å². The first-order chi connectivity index (χ1) is 14.9. The quantitative estimate of drug-likeness (QED) is 0.0396. The van der Waals surface area contributed by atoms with E-state index in [2.05, 4.69) is 4.89 Å². The van der Waals surface area contributed by atoms with Gasteiger partial charge in [-0.05, 0) is 12.8 Å². The number of aliphatic hydroxyl groups is 11. The maximum absolute atomic E-state index is 10.9. The Kier molecular flexibility index (Phi) is 18.9. The Bertz CT molecular complexity index is 521. The predicted molar refractivity (Wildman–Crippen MR) is 105 cm³/mol. The summed E-state index contributed by atoms with van der Waals surface area (Å²) >= 11 is 0. The van der Waals surface area contributed by atoms with E-state index in [-0.39, 0.29) is 33.3 Å². The minimum absolute atomic E-state index is 0. The molecule has 10 unspecified atom stereocenters. The Morgan fingerprint density at radius 2 is 0.970 bits per heavy atom. The molecule has 12 N–H and O–H groups in total. The van der Waals surface area contributed by atoms with Crippen LogP contribution in [0.15, 0.2) is 0 Å². The zero-order valence-electron chi connectivity index (χ0n) is 19.4. The number of hydrogen-bond acceptors (Lipinski definition) is 14. The van der Waals surface area contributed by atoms with Crippen molar-refractivity contribution in [3.8, 4) is 0 Å². The molecule has 0 saturated heterocycles. The van der Waals surface area contributed by atoms with Crippen LogP contribution in [0.4, 0.5) is 0 Å². The van der Waals surface area contributed by atoms with Crippen LogP contribution in [-0.4, -0.2) is 135 Å². The third kappa shape index (κ3) is 11.2. The van der Waals surface area contributed by atoms with Crippen LogP contribution in [0.3, 0.4) is 0 Å². The molecule has 0 aliphatic heterocycles. The number of unbranched alkanes of at least 4 members (excludes halogenated alkanes) is 4. The van der Waals surface area contributed by atoms with Crippen molar-refractivity contribution >= 4 is 5.97 Å². The zero-order valence-corrected chi connectivity index (χ0v) is 18.4. The Hall–Kier alpha value is -0.413. The van der Waals surface area contributed by atoms with Gasteiger partial charge in [-0.2, -0.15) is 5.26 Å². The van der Waals surface area contributed by atoms with Gasteiger partial charge in [0, 0.05) is 6.61 Å². The Morgan fingerprint density at radius 1 is 0.606 bits per heavy atom. The van der Waals surface area contributed by atoms with Crippen molar-refractivity contribution in [3.63, 3.8) is 0 Å². The van der Waals surface area contributed by atoms with E-state index in [9.17, 15) is 55.9 Å². The van der Waals surface area contributed by atoms with E-state index in [1.165, 1.54) is 0 Å². The van der Waals surface area contributed by atoms with Gasteiger partial charge in [0.2, 0.25) is 0 Å². The van der Waals surface area contributed by atoms with Crippen molar-refractivity contribution in [2.75, 3.05) is 6.61 Å². The number of hydrogen-bond donors (Lipinski definition) is 12. The van der Waals surface area contributed by atoms with Crippen LogP contribution in [0.2, 0.25) is 0 Å². The van der Waals surface area contributed by atoms with E-state index in [0.717, 1.165) is 12.8 Å². The van der Waals surface area contributed by atoms with Crippen molar-refractivity contribution < 1.29 is 91.4 Å². The van der Waals surface area contributed by atoms with Crippen molar-refractivity contribution in [3.05, 3.63) is 0 Å². The first-order valence-electron chi connectivity index (χ1n) is 10.2. The molecule has 0 radical (unpaired) electrons. The molecule has 0 rings (SSSR count). The molecule has 10 atom stereocenters.